The highest BCUT2D eigenvalue weighted by Crippen LogP contribution is 2.28. The molecule has 124 valence electrons. The van der Waals surface area contributed by atoms with Crippen LogP contribution >= 0.6 is 24.0 Å². The molecule has 8 heteroatoms. The van der Waals surface area contributed by atoms with E-state index in [0.29, 0.717) is 30.8 Å². The van der Waals surface area contributed by atoms with E-state index in [4.69, 9.17) is 0 Å². The van der Waals surface area contributed by atoms with Gasteiger partial charge in [-0.25, -0.2) is 12.7 Å². The van der Waals surface area contributed by atoms with Gasteiger partial charge in [0.1, 0.15) is 0 Å². The Balaban J connectivity index is 0.00000220. The first-order chi connectivity index (χ1) is 9.34. The van der Waals surface area contributed by atoms with E-state index in [1.165, 1.54) is 0 Å². The van der Waals surface area contributed by atoms with Crippen LogP contribution in [0.1, 0.15) is 26.7 Å². The average Bonchev–Trinajstić information content (AvgIpc) is 2.87. The molecule has 0 atom stereocenters. The van der Waals surface area contributed by atoms with E-state index in [2.05, 4.69) is 29.1 Å². The molecule has 0 spiro atoms. The summed E-state index contributed by atoms with van der Waals surface area (Å²) in [6.07, 6.45) is 1.91. The van der Waals surface area contributed by atoms with Crippen LogP contribution in [0, 0.1) is 5.41 Å². The fourth-order valence-electron chi connectivity index (χ4n) is 2.86. The van der Waals surface area contributed by atoms with E-state index < -0.39 is 10.0 Å². The molecule has 0 aromatic rings. The van der Waals surface area contributed by atoms with E-state index in [1.807, 2.05) is 0 Å². The highest BCUT2D eigenvalue weighted by atomic mass is 127. The monoisotopic (exact) mass is 430 g/mol. The Labute approximate surface area is 145 Å². The molecule has 1 N–H and O–H groups in total. The lowest BCUT2D eigenvalue weighted by Crippen LogP contribution is -2.44. The maximum absolute atomic E-state index is 11.7. The molecule has 0 aromatic carbocycles. The molecule has 2 aliphatic heterocycles. The Morgan fingerprint density at radius 3 is 2.52 bits per heavy atom. The molecule has 0 aromatic heterocycles. The van der Waals surface area contributed by atoms with Gasteiger partial charge in [-0.05, 0) is 18.3 Å². The van der Waals surface area contributed by atoms with Gasteiger partial charge in [-0.1, -0.05) is 13.8 Å². The fourth-order valence-corrected chi connectivity index (χ4v) is 4.39. The van der Waals surface area contributed by atoms with Gasteiger partial charge in [0.15, 0.2) is 5.96 Å². The molecule has 0 unspecified atom stereocenters. The average molecular weight is 430 g/mol. The first-order valence-corrected chi connectivity index (χ1v) is 8.88. The predicted octanol–water partition coefficient (Wildman–Crippen LogP) is 0.947. The third-order valence-corrected chi connectivity index (χ3v) is 5.99. The number of guanidine groups is 1. The molecule has 2 heterocycles. The first kappa shape index (κ1) is 19.0. The first-order valence-electron chi connectivity index (χ1n) is 7.27. The van der Waals surface area contributed by atoms with Crippen molar-refractivity contribution in [2.45, 2.75) is 26.7 Å². The highest BCUT2D eigenvalue weighted by molar-refractivity contribution is 14.0. The number of halogens is 1. The summed E-state index contributed by atoms with van der Waals surface area (Å²) in [6, 6.07) is 0. The van der Waals surface area contributed by atoms with E-state index >= 15 is 0 Å². The number of rotatable bonds is 3. The zero-order valence-corrected chi connectivity index (χ0v) is 16.3. The van der Waals surface area contributed by atoms with Crippen molar-refractivity contribution in [2.24, 2.45) is 10.4 Å². The summed E-state index contributed by atoms with van der Waals surface area (Å²) < 4.78 is 25.0. The van der Waals surface area contributed by atoms with Crippen molar-refractivity contribution in [3.05, 3.63) is 0 Å². The molecule has 0 amide bonds. The SMILES string of the molecule is CN=C(NCCN1CCCS1(=O)=O)N1CCC(C)(C)C1.I. The Morgan fingerprint density at radius 2 is 2.05 bits per heavy atom. The van der Waals surface area contributed by atoms with Gasteiger partial charge >= 0.3 is 0 Å². The molecule has 6 nitrogen and oxygen atoms in total. The maximum Gasteiger partial charge on any atom is 0.214 e. The molecule has 21 heavy (non-hydrogen) atoms. The third-order valence-electron chi connectivity index (χ3n) is 4.04. The lowest BCUT2D eigenvalue weighted by molar-refractivity contribution is 0.368. The van der Waals surface area contributed by atoms with Gasteiger partial charge in [0.05, 0.1) is 5.75 Å². The summed E-state index contributed by atoms with van der Waals surface area (Å²) in [7, 11) is -1.21. The topological polar surface area (TPSA) is 65.0 Å². The molecule has 2 saturated heterocycles. The summed E-state index contributed by atoms with van der Waals surface area (Å²) in [5.41, 5.74) is 0.329. The lowest BCUT2D eigenvalue weighted by Gasteiger charge is -2.24. The largest absolute Gasteiger partial charge is 0.355 e. The van der Waals surface area contributed by atoms with Crippen molar-refractivity contribution in [1.29, 1.82) is 0 Å². The Hall–Kier alpha value is -0.0900. The zero-order valence-electron chi connectivity index (χ0n) is 13.1. The molecule has 2 aliphatic rings. The van der Waals surface area contributed by atoms with E-state index in [1.54, 1.807) is 11.4 Å². The van der Waals surface area contributed by atoms with Crippen molar-refractivity contribution in [1.82, 2.24) is 14.5 Å². The van der Waals surface area contributed by atoms with Crippen LogP contribution < -0.4 is 5.32 Å². The summed E-state index contributed by atoms with van der Waals surface area (Å²) in [4.78, 5) is 6.55. The molecule has 0 bridgehead atoms. The minimum atomic E-state index is -2.99. The van der Waals surface area contributed by atoms with Crippen LogP contribution in [-0.4, -0.2) is 69.1 Å². The molecule has 0 saturated carbocycles. The molecule has 0 radical (unpaired) electrons. The number of nitrogens with one attached hydrogen (secondary N) is 1. The molecular weight excluding hydrogens is 403 g/mol. The predicted molar refractivity (Wildman–Crippen MR) is 96.7 cm³/mol. The normalized spacial score (nSPS) is 24.9. The second kappa shape index (κ2) is 7.45. The zero-order chi connectivity index (χ0) is 14.8. The minimum Gasteiger partial charge on any atom is -0.355 e. The number of hydrogen-bond acceptors (Lipinski definition) is 3. The van der Waals surface area contributed by atoms with Crippen molar-refractivity contribution in [2.75, 3.05) is 45.5 Å². The van der Waals surface area contributed by atoms with Crippen LogP contribution in [0.25, 0.3) is 0 Å². The van der Waals surface area contributed by atoms with Crippen LogP contribution in [0.15, 0.2) is 4.99 Å². The summed E-state index contributed by atoms with van der Waals surface area (Å²) in [6.45, 7) is 8.32. The van der Waals surface area contributed by atoms with Gasteiger partial charge in [-0.2, -0.15) is 0 Å². The Morgan fingerprint density at radius 1 is 1.33 bits per heavy atom. The van der Waals surface area contributed by atoms with E-state index in [9.17, 15) is 8.42 Å². The van der Waals surface area contributed by atoms with Gasteiger partial charge in [0.25, 0.3) is 0 Å². The van der Waals surface area contributed by atoms with E-state index in [0.717, 1.165) is 31.9 Å². The molecule has 0 aliphatic carbocycles. The fraction of sp³-hybridized carbons (Fsp3) is 0.923. The number of likely N-dealkylation sites (tertiary alicyclic amines) is 1. The molecule has 2 fully saturated rings. The van der Waals surface area contributed by atoms with E-state index in [-0.39, 0.29) is 24.0 Å². The Bertz CT molecular complexity index is 479. The van der Waals surface area contributed by atoms with Crippen LogP contribution in [0.4, 0.5) is 0 Å². The minimum absolute atomic E-state index is 0. The maximum atomic E-state index is 11.7. The summed E-state index contributed by atoms with van der Waals surface area (Å²) in [5.74, 6) is 1.18. The summed E-state index contributed by atoms with van der Waals surface area (Å²) >= 11 is 0. The third kappa shape index (κ3) is 4.95. The van der Waals surface area contributed by atoms with Crippen LogP contribution in [0.2, 0.25) is 0 Å². The standard InChI is InChI=1S/C13H26N4O2S.HI/c1-13(2)5-8-16(11-13)12(14-3)15-6-9-17-7-4-10-20(17,18)19;/h4-11H2,1-3H3,(H,14,15);1H. The van der Waals surface area contributed by atoms with Crippen molar-refractivity contribution in [3.8, 4) is 0 Å². The van der Waals surface area contributed by atoms with Crippen molar-refractivity contribution in [3.63, 3.8) is 0 Å². The molecular formula is C13H27IN4O2S. The van der Waals surface area contributed by atoms with Gasteiger partial charge < -0.3 is 10.2 Å². The van der Waals surface area contributed by atoms with Crippen LogP contribution in [0.5, 0.6) is 0 Å². The molecule has 2 rings (SSSR count). The summed E-state index contributed by atoms with van der Waals surface area (Å²) in [5, 5.41) is 3.28. The number of hydrogen-bond donors (Lipinski definition) is 1. The van der Waals surface area contributed by atoms with Crippen LogP contribution in [0.3, 0.4) is 0 Å². The number of aliphatic imine (C=N–C) groups is 1. The quantitative estimate of drug-likeness (QED) is 0.412. The number of sulfonamides is 1. The highest BCUT2D eigenvalue weighted by Gasteiger charge is 2.31. The lowest BCUT2D eigenvalue weighted by atomic mass is 9.93. The number of nitrogens with zero attached hydrogens (tertiary/aromatic N) is 3. The van der Waals surface area contributed by atoms with Crippen molar-refractivity contribution >= 4 is 40.0 Å². The van der Waals surface area contributed by atoms with Gasteiger partial charge in [0.2, 0.25) is 10.0 Å². The smallest absolute Gasteiger partial charge is 0.214 e. The van der Waals surface area contributed by atoms with Gasteiger partial charge in [-0.3, -0.25) is 4.99 Å². The Kier molecular flexibility index (Phi) is 6.73. The second-order valence-electron chi connectivity index (χ2n) is 6.38. The van der Waals surface area contributed by atoms with Crippen molar-refractivity contribution < 1.29 is 8.42 Å². The van der Waals surface area contributed by atoms with Gasteiger partial charge in [-0.15, -0.1) is 24.0 Å². The van der Waals surface area contributed by atoms with Gasteiger partial charge in [0, 0.05) is 39.8 Å². The van der Waals surface area contributed by atoms with Crippen LogP contribution in [-0.2, 0) is 10.0 Å². The second-order valence-corrected chi connectivity index (χ2v) is 8.47.